The first-order chi connectivity index (χ1) is 9.02. The maximum Gasteiger partial charge on any atom is 0.335 e. The molecule has 2 aromatic rings. The Morgan fingerprint density at radius 2 is 1.95 bits per heavy atom. The van der Waals surface area contributed by atoms with E-state index in [1.54, 1.807) is 12.1 Å². The van der Waals surface area contributed by atoms with Gasteiger partial charge in [-0.3, -0.25) is 0 Å². The molecule has 4 nitrogen and oxygen atoms in total. The molecule has 1 aromatic carbocycles. The van der Waals surface area contributed by atoms with Gasteiger partial charge in [0.1, 0.15) is 18.4 Å². The van der Waals surface area contributed by atoms with Crippen LogP contribution in [0.1, 0.15) is 34.4 Å². The molecule has 0 atom stereocenters. The van der Waals surface area contributed by atoms with Gasteiger partial charge in [0.05, 0.1) is 12.6 Å². The second kappa shape index (κ2) is 5.26. The summed E-state index contributed by atoms with van der Waals surface area (Å²) in [4.78, 5) is 10.8. The van der Waals surface area contributed by atoms with E-state index in [0.717, 1.165) is 18.5 Å². The number of carboxylic acids is 1. The van der Waals surface area contributed by atoms with Crippen molar-refractivity contribution in [3.8, 4) is 0 Å². The summed E-state index contributed by atoms with van der Waals surface area (Å²) < 4.78 is 4.40. The fraction of sp³-hybridized carbons (Fsp3) is 0.333. The van der Waals surface area contributed by atoms with Crippen LogP contribution in [0.2, 0.25) is 0 Å². The minimum Gasteiger partial charge on any atom is -0.478 e. The van der Waals surface area contributed by atoms with Crippen LogP contribution in [0.15, 0.2) is 30.5 Å². The Morgan fingerprint density at radius 3 is 2.47 bits per heavy atom. The molecular formula is C15H19N2O2+. The molecule has 0 unspecified atom stereocenters. The first-order valence-electron chi connectivity index (χ1n) is 6.39. The van der Waals surface area contributed by atoms with Gasteiger partial charge >= 0.3 is 5.97 Å². The summed E-state index contributed by atoms with van der Waals surface area (Å²) in [7, 11) is 2.07. The lowest BCUT2D eigenvalue weighted by Crippen LogP contribution is -2.37. The van der Waals surface area contributed by atoms with Gasteiger partial charge in [0.15, 0.2) is 0 Å². The van der Waals surface area contributed by atoms with Crippen molar-refractivity contribution >= 4 is 5.97 Å². The number of aryl methyl sites for hydroxylation is 1. The van der Waals surface area contributed by atoms with Gasteiger partial charge in [0, 0.05) is 13.3 Å². The number of rotatable bonds is 4. The minimum atomic E-state index is -0.885. The molecule has 0 fully saturated rings. The molecule has 1 heterocycles. The topological polar surface area (TPSA) is 46.1 Å². The molecule has 0 spiro atoms. The normalized spacial score (nSPS) is 10.7. The average molecular weight is 259 g/mol. The molecule has 19 heavy (non-hydrogen) atoms. The molecule has 0 aliphatic heterocycles. The first kappa shape index (κ1) is 13.3. The molecular weight excluding hydrogens is 240 g/mol. The van der Waals surface area contributed by atoms with Gasteiger partial charge < -0.3 is 5.11 Å². The summed E-state index contributed by atoms with van der Waals surface area (Å²) in [6.07, 6.45) is 3.10. The van der Waals surface area contributed by atoms with E-state index in [9.17, 15) is 4.79 Å². The maximum absolute atomic E-state index is 10.8. The monoisotopic (exact) mass is 259 g/mol. The molecule has 0 saturated heterocycles. The molecule has 1 N–H and O–H groups in total. The standard InChI is InChI=1S/C15H18N2O2/c1-4-14-16(3)11(2)9-17(14)10-12-5-7-13(8-6-12)15(18)19/h5-9H,4,10H2,1-3H3/p+1. The lowest BCUT2D eigenvalue weighted by atomic mass is 10.1. The second-order valence-corrected chi connectivity index (χ2v) is 4.73. The van der Waals surface area contributed by atoms with Crippen molar-refractivity contribution in [2.24, 2.45) is 7.05 Å². The Morgan fingerprint density at radius 1 is 1.32 bits per heavy atom. The van der Waals surface area contributed by atoms with Gasteiger partial charge in [-0.05, 0) is 17.7 Å². The molecule has 100 valence electrons. The number of nitrogens with zero attached hydrogens (tertiary/aromatic N) is 2. The van der Waals surface area contributed by atoms with Gasteiger partial charge in [0.2, 0.25) is 0 Å². The van der Waals surface area contributed by atoms with Gasteiger partial charge in [-0.25, -0.2) is 13.9 Å². The van der Waals surface area contributed by atoms with E-state index in [1.165, 1.54) is 11.5 Å². The highest BCUT2D eigenvalue weighted by molar-refractivity contribution is 5.87. The molecule has 0 radical (unpaired) electrons. The molecule has 0 saturated carbocycles. The minimum absolute atomic E-state index is 0.328. The smallest absolute Gasteiger partial charge is 0.335 e. The number of hydrogen-bond acceptors (Lipinski definition) is 1. The summed E-state index contributed by atoms with van der Waals surface area (Å²) in [6, 6.07) is 7.05. The molecule has 2 rings (SSSR count). The van der Waals surface area contributed by atoms with E-state index in [-0.39, 0.29) is 0 Å². The zero-order chi connectivity index (χ0) is 14.0. The summed E-state index contributed by atoms with van der Waals surface area (Å²) in [5.41, 5.74) is 2.66. The quantitative estimate of drug-likeness (QED) is 0.853. The molecule has 0 amide bonds. The zero-order valence-corrected chi connectivity index (χ0v) is 11.6. The number of carbonyl (C=O) groups is 1. The van der Waals surface area contributed by atoms with Crippen LogP contribution < -0.4 is 4.57 Å². The third-order valence-electron chi connectivity index (χ3n) is 3.46. The third-order valence-corrected chi connectivity index (χ3v) is 3.46. The van der Waals surface area contributed by atoms with E-state index in [1.807, 2.05) is 12.1 Å². The Bertz CT molecular complexity index is 597. The number of hydrogen-bond donors (Lipinski definition) is 1. The largest absolute Gasteiger partial charge is 0.478 e. The van der Waals surface area contributed by atoms with Crippen LogP contribution >= 0.6 is 0 Å². The predicted octanol–water partition coefficient (Wildman–Crippen LogP) is 1.93. The summed E-state index contributed by atoms with van der Waals surface area (Å²) in [5.74, 6) is 0.379. The number of aromatic nitrogens is 2. The second-order valence-electron chi connectivity index (χ2n) is 4.73. The van der Waals surface area contributed by atoms with Crippen LogP contribution in [0.5, 0.6) is 0 Å². The van der Waals surface area contributed by atoms with Crippen molar-refractivity contribution in [1.82, 2.24) is 4.57 Å². The Labute approximate surface area is 112 Å². The van der Waals surface area contributed by atoms with Crippen molar-refractivity contribution in [3.05, 3.63) is 53.1 Å². The summed E-state index contributed by atoms with van der Waals surface area (Å²) in [5, 5.41) is 8.88. The van der Waals surface area contributed by atoms with Crippen molar-refractivity contribution < 1.29 is 14.5 Å². The van der Waals surface area contributed by atoms with Gasteiger partial charge in [-0.1, -0.05) is 19.1 Å². The predicted molar refractivity (Wildman–Crippen MR) is 72.2 cm³/mol. The third kappa shape index (κ3) is 2.67. The Kier molecular flexibility index (Phi) is 3.69. The number of carboxylic acid groups (broad SMARTS) is 1. The van der Waals surface area contributed by atoms with Gasteiger partial charge in [-0.2, -0.15) is 0 Å². The highest BCUT2D eigenvalue weighted by atomic mass is 16.4. The number of imidazole rings is 1. The molecule has 1 aromatic heterocycles. The first-order valence-corrected chi connectivity index (χ1v) is 6.39. The average Bonchev–Trinajstić information content (AvgIpc) is 2.65. The lowest BCUT2D eigenvalue weighted by molar-refractivity contribution is -0.695. The van der Waals surface area contributed by atoms with E-state index < -0.39 is 5.97 Å². The zero-order valence-electron chi connectivity index (χ0n) is 11.6. The summed E-state index contributed by atoms with van der Waals surface area (Å²) >= 11 is 0. The molecule has 4 heteroatoms. The molecule has 0 aliphatic rings. The van der Waals surface area contributed by atoms with Crippen LogP contribution in [0.4, 0.5) is 0 Å². The maximum atomic E-state index is 10.8. The molecule has 0 aliphatic carbocycles. The van der Waals surface area contributed by atoms with Crippen LogP contribution in [-0.2, 0) is 20.0 Å². The molecule has 0 bridgehead atoms. The van der Waals surface area contributed by atoms with Crippen molar-refractivity contribution in [3.63, 3.8) is 0 Å². The van der Waals surface area contributed by atoms with Gasteiger partial charge in [-0.15, -0.1) is 0 Å². The number of benzene rings is 1. The van der Waals surface area contributed by atoms with Crippen molar-refractivity contribution in [1.29, 1.82) is 0 Å². The lowest BCUT2D eigenvalue weighted by Gasteiger charge is -2.02. The Hall–Kier alpha value is -2.10. The van der Waals surface area contributed by atoms with Crippen LogP contribution in [0, 0.1) is 6.92 Å². The van der Waals surface area contributed by atoms with Crippen LogP contribution in [0.25, 0.3) is 0 Å². The van der Waals surface area contributed by atoms with Crippen molar-refractivity contribution in [2.45, 2.75) is 26.8 Å². The van der Waals surface area contributed by atoms with Crippen LogP contribution in [0.3, 0.4) is 0 Å². The van der Waals surface area contributed by atoms with Gasteiger partial charge in [0.25, 0.3) is 5.82 Å². The Balaban J connectivity index is 2.26. The number of aromatic carboxylic acids is 1. The van der Waals surface area contributed by atoms with Crippen molar-refractivity contribution in [2.75, 3.05) is 0 Å². The van der Waals surface area contributed by atoms with E-state index in [0.29, 0.717) is 5.56 Å². The van der Waals surface area contributed by atoms with E-state index in [4.69, 9.17) is 5.11 Å². The SMILES string of the molecule is CCc1n(C)c(C)c[n+]1Cc1ccc(C(=O)O)cc1. The fourth-order valence-electron chi connectivity index (χ4n) is 2.31. The highest BCUT2D eigenvalue weighted by Crippen LogP contribution is 2.06. The van der Waals surface area contributed by atoms with Crippen LogP contribution in [-0.4, -0.2) is 15.6 Å². The van der Waals surface area contributed by atoms with E-state index >= 15 is 0 Å². The highest BCUT2D eigenvalue weighted by Gasteiger charge is 2.16. The summed E-state index contributed by atoms with van der Waals surface area (Å²) in [6.45, 7) is 4.99. The fourth-order valence-corrected chi connectivity index (χ4v) is 2.31. The van der Waals surface area contributed by atoms with E-state index in [2.05, 4.69) is 36.2 Å².